The van der Waals surface area contributed by atoms with Gasteiger partial charge in [0, 0.05) is 21.8 Å². The summed E-state index contributed by atoms with van der Waals surface area (Å²) in [6, 6.07) is 16.1. The van der Waals surface area contributed by atoms with E-state index < -0.39 is 11.5 Å². The normalized spacial score (nSPS) is 10.8. The topological polar surface area (TPSA) is 85.1 Å². The molecule has 2 heterocycles. The van der Waals surface area contributed by atoms with E-state index in [1.807, 2.05) is 30.3 Å². The predicted molar refractivity (Wildman–Crippen MR) is 110 cm³/mol. The Morgan fingerprint density at radius 3 is 2.64 bits per heavy atom. The Morgan fingerprint density at radius 1 is 1.07 bits per heavy atom. The number of nitrogens with one attached hydrogen (secondary N) is 1. The van der Waals surface area contributed by atoms with Crippen molar-refractivity contribution < 1.29 is 9.21 Å². The number of nitrogens with zero attached hydrogens (tertiary/aromatic N) is 2. The van der Waals surface area contributed by atoms with E-state index in [9.17, 15) is 9.59 Å². The summed E-state index contributed by atoms with van der Waals surface area (Å²) in [7, 11) is 0. The Balaban J connectivity index is 1.68. The lowest BCUT2D eigenvalue weighted by Crippen LogP contribution is -2.17. The molecule has 0 bridgehead atoms. The lowest BCUT2D eigenvalue weighted by atomic mass is 10.1. The molecule has 0 aliphatic carbocycles. The molecule has 1 N–H and O–H groups in total. The minimum Gasteiger partial charge on any atom is -0.417 e. The Labute approximate surface area is 168 Å². The van der Waals surface area contributed by atoms with Gasteiger partial charge in [0.25, 0.3) is 5.91 Å². The van der Waals surface area contributed by atoms with Crippen LogP contribution >= 0.6 is 15.9 Å². The molecule has 0 aliphatic heterocycles. The molecule has 4 rings (SSSR count). The van der Waals surface area contributed by atoms with Gasteiger partial charge >= 0.3 is 5.63 Å². The Kier molecular flexibility index (Phi) is 4.75. The molecule has 2 aromatic heterocycles. The van der Waals surface area contributed by atoms with Crippen molar-refractivity contribution in [2.75, 3.05) is 5.32 Å². The van der Waals surface area contributed by atoms with Crippen molar-refractivity contribution in [1.82, 2.24) is 9.97 Å². The fourth-order valence-corrected chi connectivity index (χ4v) is 3.32. The summed E-state index contributed by atoms with van der Waals surface area (Å²) in [6.07, 6.45) is 1.56. The number of carbonyl (C=O) groups is 1. The van der Waals surface area contributed by atoms with E-state index in [-0.39, 0.29) is 5.76 Å². The second kappa shape index (κ2) is 7.36. The number of hydrogen-bond acceptors (Lipinski definition) is 5. The molecule has 0 unspecified atom stereocenters. The molecular formula is C21H14BrN3O3. The first-order valence-corrected chi connectivity index (χ1v) is 9.25. The van der Waals surface area contributed by atoms with Crippen molar-refractivity contribution in [3.63, 3.8) is 0 Å². The van der Waals surface area contributed by atoms with Crippen molar-refractivity contribution in [2.24, 2.45) is 0 Å². The van der Waals surface area contributed by atoms with Gasteiger partial charge in [-0.15, -0.1) is 0 Å². The van der Waals surface area contributed by atoms with Gasteiger partial charge in [-0.25, -0.2) is 14.8 Å². The fraction of sp³-hybridized carbons (Fsp3) is 0.0476. The van der Waals surface area contributed by atoms with E-state index in [2.05, 4.69) is 31.2 Å². The summed E-state index contributed by atoms with van der Waals surface area (Å²) in [4.78, 5) is 33.6. The maximum atomic E-state index is 12.7. The van der Waals surface area contributed by atoms with Crippen LogP contribution < -0.4 is 10.9 Å². The van der Waals surface area contributed by atoms with Crippen LogP contribution in [0.3, 0.4) is 0 Å². The number of fused-ring (bicyclic) bond motifs is 1. The third kappa shape index (κ3) is 3.44. The molecule has 0 saturated carbocycles. The zero-order chi connectivity index (χ0) is 19.7. The summed E-state index contributed by atoms with van der Waals surface area (Å²) >= 11 is 3.42. The maximum Gasteiger partial charge on any atom is 0.344 e. The molecule has 6 nitrogen and oxygen atoms in total. The highest BCUT2D eigenvalue weighted by Crippen LogP contribution is 2.22. The van der Waals surface area contributed by atoms with Gasteiger partial charge in [0.15, 0.2) is 11.6 Å². The van der Waals surface area contributed by atoms with E-state index in [1.54, 1.807) is 37.4 Å². The van der Waals surface area contributed by atoms with Gasteiger partial charge < -0.3 is 9.73 Å². The first-order chi connectivity index (χ1) is 13.5. The number of anilines is 1. The van der Waals surface area contributed by atoms with Gasteiger partial charge in [-0.3, -0.25) is 4.79 Å². The molecule has 0 atom stereocenters. The van der Waals surface area contributed by atoms with E-state index >= 15 is 0 Å². The highest BCUT2D eigenvalue weighted by atomic mass is 79.9. The quantitative estimate of drug-likeness (QED) is 0.509. The number of rotatable bonds is 3. The molecule has 0 aliphatic rings. The fourth-order valence-electron chi connectivity index (χ4n) is 2.92. The molecule has 1 amide bonds. The van der Waals surface area contributed by atoms with Crippen molar-refractivity contribution >= 4 is 38.4 Å². The van der Waals surface area contributed by atoms with Crippen LogP contribution in [0.2, 0.25) is 0 Å². The summed E-state index contributed by atoms with van der Waals surface area (Å²) in [5, 5.41) is 3.80. The maximum absolute atomic E-state index is 12.7. The van der Waals surface area contributed by atoms with Gasteiger partial charge in [0.2, 0.25) is 0 Å². The zero-order valence-electron chi connectivity index (χ0n) is 14.8. The summed E-state index contributed by atoms with van der Waals surface area (Å²) in [5.74, 6) is 0.200. The first kappa shape index (κ1) is 18.1. The average molecular weight is 436 g/mol. The Bertz CT molecular complexity index is 1270. The van der Waals surface area contributed by atoms with Crippen LogP contribution in [0, 0.1) is 6.92 Å². The third-order valence-corrected chi connectivity index (χ3v) is 4.77. The van der Waals surface area contributed by atoms with Gasteiger partial charge in [-0.05, 0) is 36.6 Å². The molecular weight excluding hydrogens is 422 g/mol. The molecule has 138 valence electrons. The van der Waals surface area contributed by atoms with Crippen LogP contribution in [0.4, 0.5) is 5.82 Å². The SMILES string of the molecule is Cc1c(C(=O)Nc2ccnc(-c3cccc(Br)c3)n2)oc(=O)c2ccccc12. The summed E-state index contributed by atoms with van der Waals surface area (Å²) in [5.41, 5.74) is 0.844. The van der Waals surface area contributed by atoms with E-state index in [0.717, 1.165) is 10.0 Å². The minimum absolute atomic E-state index is 0.0358. The Morgan fingerprint density at radius 2 is 1.86 bits per heavy atom. The van der Waals surface area contributed by atoms with Crippen LogP contribution in [0.15, 0.2) is 74.5 Å². The molecule has 7 heteroatoms. The number of aromatic nitrogens is 2. The van der Waals surface area contributed by atoms with Gasteiger partial charge in [-0.1, -0.05) is 46.3 Å². The monoisotopic (exact) mass is 435 g/mol. The van der Waals surface area contributed by atoms with Crippen LogP contribution in [-0.2, 0) is 0 Å². The standard InChI is InChI=1S/C21H14BrN3O3/c1-12-15-7-2-3-8-16(15)21(27)28-18(12)20(26)25-17-9-10-23-19(24-17)13-5-4-6-14(22)11-13/h2-11H,1H3,(H,23,24,25,26). The number of benzene rings is 2. The van der Waals surface area contributed by atoms with Crippen molar-refractivity contribution in [2.45, 2.75) is 6.92 Å². The molecule has 2 aromatic carbocycles. The van der Waals surface area contributed by atoms with Gasteiger partial charge in [0.05, 0.1) is 5.39 Å². The van der Waals surface area contributed by atoms with E-state index in [4.69, 9.17) is 4.42 Å². The third-order valence-electron chi connectivity index (χ3n) is 4.27. The molecule has 4 aromatic rings. The second-order valence-corrected chi connectivity index (χ2v) is 7.03. The van der Waals surface area contributed by atoms with Crippen molar-refractivity contribution in [1.29, 1.82) is 0 Å². The predicted octanol–water partition coefficient (Wildman–Crippen LogP) is 4.57. The number of carbonyl (C=O) groups excluding carboxylic acids is 1. The summed E-state index contributed by atoms with van der Waals surface area (Å²) in [6.45, 7) is 1.74. The minimum atomic E-state index is -0.552. The molecule has 0 spiro atoms. The van der Waals surface area contributed by atoms with Crippen LogP contribution in [-0.4, -0.2) is 15.9 Å². The molecule has 0 radical (unpaired) electrons. The van der Waals surface area contributed by atoms with E-state index in [1.165, 1.54) is 0 Å². The molecule has 28 heavy (non-hydrogen) atoms. The lowest BCUT2D eigenvalue weighted by Gasteiger charge is -2.09. The number of aryl methyl sites for hydroxylation is 1. The van der Waals surface area contributed by atoms with Gasteiger partial charge in [0.1, 0.15) is 5.82 Å². The smallest absolute Gasteiger partial charge is 0.344 e. The summed E-state index contributed by atoms with van der Waals surface area (Å²) < 4.78 is 6.17. The second-order valence-electron chi connectivity index (χ2n) is 6.12. The van der Waals surface area contributed by atoms with E-state index in [0.29, 0.717) is 28.0 Å². The Hall–Kier alpha value is -3.32. The average Bonchev–Trinajstić information content (AvgIpc) is 2.71. The molecule has 0 fully saturated rings. The highest BCUT2D eigenvalue weighted by Gasteiger charge is 2.18. The molecule has 0 saturated heterocycles. The largest absolute Gasteiger partial charge is 0.417 e. The number of amides is 1. The highest BCUT2D eigenvalue weighted by molar-refractivity contribution is 9.10. The van der Waals surface area contributed by atoms with Crippen LogP contribution in [0.25, 0.3) is 22.2 Å². The van der Waals surface area contributed by atoms with Crippen molar-refractivity contribution in [3.05, 3.63) is 87.0 Å². The lowest BCUT2D eigenvalue weighted by molar-refractivity contribution is 0.0991. The number of hydrogen-bond donors (Lipinski definition) is 1. The van der Waals surface area contributed by atoms with Crippen LogP contribution in [0.1, 0.15) is 16.1 Å². The van der Waals surface area contributed by atoms with Gasteiger partial charge in [-0.2, -0.15) is 0 Å². The van der Waals surface area contributed by atoms with Crippen molar-refractivity contribution in [3.8, 4) is 11.4 Å². The first-order valence-electron chi connectivity index (χ1n) is 8.46. The zero-order valence-corrected chi connectivity index (χ0v) is 16.4. The van der Waals surface area contributed by atoms with Crippen LogP contribution in [0.5, 0.6) is 0 Å². The number of halogens is 1.